The van der Waals surface area contributed by atoms with Crippen molar-refractivity contribution in [1.82, 2.24) is 0 Å². The smallest absolute Gasteiger partial charge is 0.168 e. The standard InChI is InChI=1S/C16H18FNO2/c1-10-6-11(4-5-13(10)17)18-9-12-14(19)7-16(2,3)8-15(12)20/h4-6,9,18H,7-8H2,1-3H3. The highest BCUT2D eigenvalue weighted by atomic mass is 19.1. The Hall–Kier alpha value is -1.97. The van der Waals surface area contributed by atoms with Gasteiger partial charge in [0, 0.05) is 24.7 Å². The molecular formula is C16H18FNO2. The molecule has 0 amide bonds. The maximum absolute atomic E-state index is 13.2. The first-order chi connectivity index (χ1) is 9.28. The van der Waals surface area contributed by atoms with Crippen molar-refractivity contribution >= 4 is 17.3 Å². The number of rotatable bonds is 2. The van der Waals surface area contributed by atoms with Gasteiger partial charge in [-0.2, -0.15) is 0 Å². The highest BCUT2D eigenvalue weighted by Crippen LogP contribution is 2.33. The first-order valence-corrected chi connectivity index (χ1v) is 6.58. The second-order valence-corrected chi connectivity index (χ2v) is 6.03. The molecule has 1 N–H and O–H groups in total. The van der Waals surface area contributed by atoms with Crippen LogP contribution in [0.3, 0.4) is 0 Å². The van der Waals surface area contributed by atoms with E-state index in [2.05, 4.69) is 5.32 Å². The molecule has 1 saturated carbocycles. The Balaban J connectivity index is 2.17. The summed E-state index contributed by atoms with van der Waals surface area (Å²) in [7, 11) is 0. The molecule has 4 heteroatoms. The molecule has 1 fully saturated rings. The van der Waals surface area contributed by atoms with Gasteiger partial charge in [-0.15, -0.1) is 0 Å². The Morgan fingerprint density at radius 2 is 1.80 bits per heavy atom. The van der Waals surface area contributed by atoms with Crippen LogP contribution < -0.4 is 5.32 Å². The van der Waals surface area contributed by atoms with Crippen molar-refractivity contribution in [3.63, 3.8) is 0 Å². The van der Waals surface area contributed by atoms with Gasteiger partial charge in [0.2, 0.25) is 0 Å². The van der Waals surface area contributed by atoms with E-state index in [1.807, 2.05) is 13.8 Å². The maximum Gasteiger partial charge on any atom is 0.168 e. The molecule has 0 aliphatic heterocycles. The molecule has 1 aromatic rings. The van der Waals surface area contributed by atoms with E-state index >= 15 is 0 Å². The maximum atomic E-state index is 13.2. The number of Topliss-reactive ketones (excluding diaryl/α,β-unsaturated/α-hetero) is 2. The van der Waals surface area contributed by atoms with Crippen LogP contribution in [0.15, 0.2) is 30.0 Å². The molecule has 0 heterocycles. The van der Waals surface area contributed by atoms with Crippen LogP contribution in [0, 0.1) is 18.2 Å². The van der Waals surface area contributed by atoms with Gasteiger partial charge in [0.1, 0.15) is 5.82 Å². The van der Waals surface area contributed by atoms with E-state index in [-0.39, 0.29) is 28.4 Å². The number of nitrogens with one attached hydrogen (secondary N) is 1. The predicted octanol–water partition coefficient (Wildman–Crippen LogP) is 3.39. The molecule has 0 unspecified atom stereocenters. The fourth-order valence-electron chi connectivity index (χ4n) is 2.33. The van der Waals surface area contributed by atoms with Crippen molar-refractivity contribution < 1.29 is 14.0 Å². The lowest BCUT2D eigenvalue weighted by molar-refractivity contribution is -0.127. The summed E-state index contributed by atoms with van der Waals surface area (Å²) in [4.78, 5) is 23.9. The van der Waals surface area contributed by atoms with Crippen LogP contribution in [0.4, 0.5) is 10.1 Å². The van der Waals surface area contributed by atoms with Crippen molar-refractivity contribution in [3.05, 3.63) is 41.4 Å². The molecule has 1 aromatic carbocycles. The minimum atomic E-state index is -0.283. The van der Waals surface area contributed by atoms with Crippen LogP contribution in [0.5, 0.6) is 0 Å². The van der Waals surface area contributed by atoms with Gasteiger partial charge in [-0.1, -0.05) is 13.8 Å². The van der Waals surface area contributed by atoms with Crippen LogP contribution in [-0.4, -0.2) is 11.6 Å². The third-order valence-corrected chi connectivity index (χ3v) is 3.42. The molecule has 0 bridgehead atoms. The van der Waals surface area contributed by atoms with Gasteiger partial charge in [-0.3, -0.25) is 9.59 Å². The third kappa shape index (κ3) is 3.13. The van der Waals surface area contributed by atoms with Crippen molar-refractivity contribution in [2.24, 2.45) is 5.41 Å². The Bertz CT molecular complexity index is 580. The first-order valence-electron chi connectivity index (χ1n) is 6.58. The number of carbonyl (C=O) groups excluding carboxylic acids is 2. The number of halogens is 1. The summed E-state index contributed by atoms with van der Waals surface area (Å²) in [6, 6.07) is 4.55. The second-order valence-electron chi connectivity index (χ2n) is 6.03. The summed E-state index contributed by atoms with van der Waals surface area (Å²) in [5.74, 6) is -0.565. The summed E-state index contributed by atoms with van der Waals surface area (Å²) in [5, 5.41) is 2.90. The fraction of sp³-hybridized carbons (Fsp3) is 0.375. The van der Waals surface area contributed by atoms with E-state index in [1.54, 1.807) is 19.1 Å². The van der Waals surface area contributed by atoms with Crippen molar-refractivity contribution in [2.45, 2.75) is 33.6 Å². The van der Waals surface area contributed by atoms with Crippen molar-refractivity contribution in [2.75, 3.05) is 5.32 Å². The summed E-state index contributed by atoms with van der Waals surface area (Å²) in [5.41, 5.74) is 1.10. The van der Waals surface area contributed by atoms with Gasteiger partial charge in [0.25, 0.3) is 0 Å². The zero-order chi connectivity index (χ0) is 14.9. The molecule has 2 rings (SSSR count). The van der Waals surface area contributed by atoms with Crippen LogP contribution in [0.2, 0.25) is 0 Å². The number of anilines is 1. The van der Waals surface area contributed by atoms with Gasteiger partial charge in [-0.25, -0.2) is 4.39 Å². The molecule has 20 heavy (non-hydrogen) atoms. The second kappa shape index (κ2) is 5.19. The number of carbonyl (C=O) groups is 2. The molecule has 0 spiro atoms. The van der Waals surface area contributed by atoms with E-state index in [1.165, 1.54) is 12.3 Å². The van der Waals surface area contributed by atoms with Crippen LogP contribution in [0.25, 0.3) is 0 Å². The summed E-state index contributed by atoms with van der Waals surface area (Å²) in [6.07, 6.45) is 2.18. The lowest BCUT2D eigenvalue weighted by Crippen LogP contribution is -2.31. The number of benzene rings is 1. The molecule has 106 valence electrons. The first kappa shape index (κ1) is 14.4. The van der Waals surface area contributed by atoms with E-state index in [0.717, 1.165) is 0 Å². The minimum absolute atomic E-state index is 0.141. The normalized spacial score (nSPS) is 18.1. The minimum Gasteiger partial charge on any atom is -0.361 e. The Morgan fingerprint density at radius 3 is 2.35 bits per heavy atom. The van der Waals surface area contributed by atoms with E-state index < -0.39 is 0 Å². The highest BCUT2D eigenvalue weighted by molar-refractivity contribution is 6.22. The van der Waals surface area contributed by atoms with Gasteiger partial charge in [0.05, 0.1) is 5.57 Å². The van der Waals surface area contributed by atoms with Crippen molar-refractivity contribution in [1.29, 1.82) is 0 Å². The molecule has 1 aliphatic rings. The van der Waals surface area contributed by atoms with E-state index in [4.69, 9.17) is 0 Å². The van der Waals surface area contributed by atoms with Gasteiger partial charge in [0.15, 0.2) is 11.6 Å². The number of aryl methyl sites for hydroxylation is 1. The Labute approximate surface area is 117 Å². The average Bonchev–Trinajstić information content (AvgIpc) is 2.31. The Kier molecular flexibility index (Phi) is 3.75. The van der Waals surface area contributed by atoms with Gasteiger partial charge in [-0.05, 0) is 36.1 Å². The predicted molar refractivity (Wildman–Crippen MR) is 75.9 cm³/mol. The lowest BCUT2D eigenvalue weighted by atomic mass is 9.74. The molecule has 0 saturated heterocycles. The number of hydrogen-bond acceptors (Lipinski definition) is 3. The average molecular weight is 275 g/mol. The summed E-state index contributed by atoms with van der Waals surface area (Å²) >= 11 is 0. The molecule has 3 nitrogen and oxygen atoms in total. The largest absolute Gasteiger partial charge is 0.361 e. The molecule has 1 aliphatic carbocycles. The zero-order valence-corrected chi connectivity index (χ0v) is 11.9. The Morgan fingerprint density at radius 1 is 1.20 bits per heavy atom. The zero-order valence-electron chi connectivity index (χ0n) is 11.9. The van der Waals surface area contributed by atoms with E-state index in [0.29, 0.717) is 24.1 Å². The number of allylic oxidation sites excluding steroid dienone is 1. The lowest BCUT2D eigenvalue weighted by Gasteiger charge is -2.28. The number of ketones is 2. The van der Waals surface area contributed by atoms with E-state index in [9.17, 15) is 14.0 Å². The summed E-state index contributed by atoms with van der Waals surface area (Å²) in [6.45, 7) is 5.49. The molecule has 0 radical (unpaired) electrons. The van der Waals surface area contributed by atoms with Gasteiger partial charge >= 0.3 is 0 Å². The molecular weight excluding hydrogens is 257 g/mol. The molecule has 0 atom stereocenters. The topological polar surface area (TPSA) is 46.2 Å². The monoisotopic (exact) mass is 275 g/mol. The third-order valence-electron chi connectivity index (χ3n) is 3.42. The highest BCUT2D eigenvalue weighted by Gasteiger charge is 2.35. The van der Waals surface area contributed by atoms with Crippen molar-refractivity contribution in [3.8, 4) is 0 Å². The fourth-order valence-corrected chi connectivity index (χ4v) is 2.33. The number of hydrogen-bond donors (Lipinski definition) is 1. The van der Waals surface area contributed by atoms with Crippen LogP contribution in [0.1, 0.15) is 32.3 Å². The van der Waals surface area contributed by atoms with Crippen LogP contribution in [-0.2, 0) is 9.59 Å². The quantitative estimate of drug-likeness (QED) is 0.664. The SMILES string of the molecule is Cc1cc(NC=C2C(=O)CC(C)(C)CC2=O)ccc1F. The van der Waals surface area contributed by atoms with Crippen LogP contribution >= 0.6 is 0 Å². The summed E-state index contributed by atoms with van der Waals surface area (Å²) < 4.78 is 13.2. The van der Waals surface area contributed by atoms with Gasteiger partial charge < -0.3 is 5.32 Å². The molecule has 0 aromatic heterocycles.